The Balaban J connectivity index is 1.40. The lowest BCUT2D eigenvalue weighted by atomic mass is 9.59. The molecule has 4 nitrogen and oxygen atoms in total. The fraction of sp³-hybridized carbons (Fsp3) is 0.458. The highest BCUT2D eigenvalue weighted by molar-refractivity contribution is 5.85. The number of amides is 1. The standard InChI is InChI=1S/C24H28N2O2/c1-28-24(10-12-25-13-11-24)23(27)26-15-16-14-21-17-6-2-4-8-19(17)22(16)20-9-5-3-7-18(20)21/h2-9,16,21-22,25H,10-15H2,1H3,(H,26,27). The molecule has 4 heteroatoms. The molecule has 2 N–H and O–H groups in total. The minimum Gasteiger partial charge on any atom is -0.368 e. The first-order valence-electron chi connectivity index (χ1n) is 10.5. The van der Waals surface area contributed by atoms with E-state index in [0.717, 1.165) is 32.4 Å². The lowest BCUT2D eigenvalue weighted by molar-refractivity contribution is -0.146. The molecule has 0 spiro atoms. The van der Waals surface area contributed by atoms with Gasteiger partial charge in [-0.3, -0.25) is 4.79 Å². The average molecular weight is 377 g/mol. The van der Waals surface area contributed by atoms with Crippen molar-refractivity contribution >= 4 is 5.91 Å². The van der Waals surface area contributed by atoms with E-state index < -0.39 is 5.60 Å². The zero-order chi connectivity index (χ0) is 19.1. The van der Waals surface area contributed by atoms with Gasteiger partial charge in [-0.2, -0.15) is 0 Å². The van der Waals surface area contributed by atoms with Crippen LogP contribution in [0.5, 0.6) is 0 Å². The van der Waals surface area contributed by atoms with Crippen LogP contribution >= 0.6 is 0 Å². The third kappa shape index (κ3) is 2.70. The largest absolute Gasteiger partial charge is 0.368 e. The number of carbonyl (C=O) groups is 1. The van der Waals surface area contributed by atoms with Crippen LogP contribution in [0.15, 0.2) is 48.5 Å². The van der Waals surface area contributed by atoms with Gasteiger partial charge < -0.3 is 15.4 Å². The van der Waals surface area contributed by atoms with E-state index in [-0.39, 0.29) is 5.91 Å². The number of nitrogens with one attached hydrogen (secondary N) is 2. The van der Waals surface area contributed by atoms with Gasteiger partial charge in [-0.1, -0.05) is 48.5 Å². The van der Waals surface area contributed by atoms with E-state index >= 15 is 0 Å². The molecule has 6 rings (SSSR count). The molecule has 2 aromatic carbocycles. The van der Waals surface area contributed by atoms with Crippen LogP contribution in [0, 0.1) is 5.92 Å². The first kappa shape index (κ1) is 17.9. The Kier molecular flexibility index (Phi) is 4.48. The number of hydrogen-bond donors (Lipinski definition) is 2. The van der Waals surface area contributed by atoms with Gasteiger partial charge >= 0.3 is 0 Å². The van der Waals surface area contributed by atoms with E-state index in [0.29, 0.717) is 24.3 Å². The molecule has 0 aromatic heterocycles. The fourth-order valence-corrected chi connectivity index (χ4v) is 5.70. The predicted molar refractivity (Wildman–Crippen MR) is 110 cm³/mol. The van der Waals surface area contributed by atoms with E-state index in [1.807, 2.05) is 0 Å². The van der Waals surface area contributed by atoms with Crippen LogP contribution in [-0.2, 0) is 9.53 Å². The first-order chi connectivity index (χ1) is 13.7. The first-order valence-corrected chi connectivity index (χ1v) is 10.5. The Morgan fingerprint density at radius 2 is 1.61 bits per heavy atom. The number of piperidine rings is 1. The van der Waals surface area contributed by atoms with Gasteiger partial charge in [0.05, 0.1) is 0 Å². The van der Waals surface area contributed by atoms with Crippen LogP contribution < -0.4 is 10.6 Å². The van der Waals surface area contributed by atoms with Crippen molar-refractivity contribution in [2.75, 3.05) is 26.7 Å². The van der Waals surface area contributed by atoms with Gasteiger partial charge in [0, 0.05) is 25.5 Å². The highest BCUT2D eigenvalue weighted by Gasteiger charge is 2.44. The molecule has 0 saturated carbocycles. The monoisotopic (exact) mass is 376 g/mol. The zero-order valence-electron chi connectivity index (χ0n) is 16.4. The van der Waals surface area contributed by atoms with E-state index in [1.165, 1.54) is 22.3 Å². The Bertz CT molecular complexity index is 840. The number of hydrogen-bond acceptors (Lipinski definition) is 3. The maximum absolute atomic E-state index is 13.0. The van der Waals surface area contributed by atoms with E-state index in [2.05, 4.69) is 59.2 Å². The number of carbonyl (C=O) groups excluding carboxylic acids is 1. The molecule has 2 bridgehead atoms. The Morgan fingerprint density at radius 3 is 2.18 bits per heavy atom. The smallest absolute Gasteiger partial charge is 0.252 e. The van der Waals surface area contributed by atoms with E-state index in [1.54, 1.807) is 7.11 Å². The van der Waals surface area contributed by atoms with Gasteiger partial charge in [0.2, 0.25) is 0 Å². The molecule has 2 aromatic rings. The van der Waals surface area contributed by atoms with Crippen LogP contribution in [0.2, 0.25) is 0 Å². The molecule has 1 amide bonds. The fourth-order valence-electron chi connectivity index (χ4n) is 5.70. The second-order valence-corrected chi connectivity index (χ2v) is 8.44. The lowest BCUT2D eigenvalue weighted by Gasteiger charge is -2.46. The third-order valence-corrected chi connectivity index (χ3v) is 7.16. The van der Waals surface area contributed by atoms with E-state index in [9.17, 15) is 4.79 Å². The van der Waals surface area contributed by atoms with Crippen LogP contribution in [0.3, 0.4) is 0 Å². The molecule has 0 radical (unpaired) electrons. The summed E-state index contributed by atoms with van der Waals surface area (Å²) < 4.78 is 5.70. The van der Waals surface area contributed by atoms with Crippen molar-refractivity contribution in [3.05, 3.63) is 70.8 Å². The topological polar surface area (TPSA) is 50.4 Å². The van der Waals surface area contributed by atoms with Gasteiger partial charge in [-0.25, -0.2) is 0 Å². The summed E-state index contributed by atoms with van der Waals surface area (Å²) in [7, 11) is 1.67. The maximum atomic E-state index is 13.0. The second-order valence-electron chi connectivity index (χ2n) is 8.44. The summed E-state index contributed by atoms with van der Waals surface area (Å²) in [4.78, 5) is 13.0. The van der Waals surface area contributed by atoms with Crippen LogP contribution in [-0.4, -0.2) is 38.3 Å². The minimum atomic E-state index is -0.672. The van der Waals surface area contributed by atoms with Gasteiger partial charge in [-0.15, -0.1) is 0 Å². The maximum Gasteiger partial charge on any atom is 0.252 e. The molecule has 1 unspecified atom stereocenters. The number of rotatable bonds is 4. The number of methoxy groups -OCH3 is 1. The van der Waals surface area contributed by atoms with Crippen molar-refractivity contribution in [3.8, 4) is 0 Å². The second kappa shape index (κ2) is 7.02. The molecule has 3 aliphatic carbocycles. The number of benzene rings is 2. The number of fused-ring (bicyclic) bond motifs is 1. The van der Waals surface area contributed by atoms with Crippen molar-refractivity contribution in [1.82, 2.24) is 10.6 Å². The van der Waals surface area contributed by atoms with Crippen LogP contribution in [0.1, 0.15) is 53.4 Å². The van der Waals surface area contributed by atoms with Crippen LogP contribution in [0.25, 0.3) is 0 Å². The molecule has 28 heavy (non-hydrogen) atoms. The quantitative estimate of drug-likeness (QED) is 0.862. The molecular formula is C24H28N2O2. The Morgan fingerprint density at radius 1 is 1.04 bits per heavy atom. The lowest BCUT2D eigenvalue weighted by Crippen LogP contribution is -2.55. The summed E-state index contributed by atoms with van der Waals surface area (Å²) in [5.41, 5.74) is 5.16. The summed E-state index contributed by atoms with van der Waals surface area (Å²) in [6, 6.07) is 17.7. The van der Waals surface area contributed by atoms with Crippen molar-refractivity contribution in [3.63, 3.8) is 0 Å². The highest BCUT2D eigenvalue weighted by atomic mass is 16.5. The molecule has 1 aliphatic heterocycles. The summed E-state index contributed by atoms with van der Waals surface area (Å²) in [5, 5.41) is 6.59. The molecule has 4 aliphatic rings. The Labute approximate surface area is 166 Å². The van der Waals surface area contributed by atoms with E-state index in [4.69, 9.17) is 4.74 Å². The van der Waals surface area contributed by atoms with Crippen molar-refractivity contribution in [1.29, 1.82) is 0 Å². The average Bonchev–Trinajstić information content (AvgIpc) is 2.78. The summed E-state index contributed by atoms with van der Waals surface area (Å²) in [5.74, 6) is 1.28. The Hall–Kier alpha value is -2.17. The van der Waals surface area contributed by atoms with Gasteiger partial charge in [0.15, 0.2) is 0 Å². The molecular weight excluding hydrogens is 348 g/mol. The number of ether oxygens (including phenoxy) is 1. The zero-order valence-corrected chi connectivity index (χ0v) is 16.4. The predicted octanol–water partition coefficient (Wildman–Crippen LogP) is 3.17. The molecule has 1 heterocycles. The molecule has 146 valence electrons. The van der Waals surface area contributed by atoms with Gasteiger partial charge in [0.1, 0.15) is 5.60 Å². The van der Waals surface area contributed by atoms with Gasteiger partial charge in [-0.05, 0) is 60.5 Å². The summed E-state index contributed by atoms with van der Waals surface area (Å²) >= 11 is 0. The van der Waals surface area contributed by atoms with Crippen LogP contribution in [0.4, 0.5) is 0 Å². The van der Waals surface area contributed by atoms with Crippen molar-refractivity contribution in [2.24, 2.45) is 5.92 Å². The molecule has 1 saturated heterocycles. The molecule has 1 atom stereocenters. The van der Waals surface area contributed by atoms with Crippen molar-refractivity contribution < 1.29 is 9.53 Å². The third-order valence-electron chi connectivity index (χ3n) is 7.16. The minimum absolute atomic E-state index is 0.0551. The summed E-state index contributed by atoms with van der Waals surface area (Å²) in [6.07, 6.45) is 2.57. The highest BCUT2D eigenvalue weighted by Crippen LogP contribution is 2.55. The normalized spacial score (nSPS) is 27.0. The van der Waals surface area contributed by atoms with Crippen molar-refractivity contribution in [2.45, 2.75) is 36.7 Å². The molecule has 1 fully saturated rings. The SMILES string of the molecule is COC1(C(=O)NCC2CC3c4ccccc4C2c2ccccc23)CCNCC1. The summed E-state index contributed by atoms with van der Waals surface area (Å²) in [6.45, 7) is 2.37. The van der Waals surface area contributed by atoms with Gasteiger partial charge in [0.25, 0.3) is 5.91 Å².